The van der Waals surface area contributed by atoms with E-state index in [2.05, 4.69) is 16.0 Å². The number of nitrogens with one attached hydrogen (secondary N) is 3. The standard InChI is InChI=1S/C17H17N3OS2/c1-10-6-3-4-7-12(10)19-16(21)14-11(2)18-17(22)20-15(14)13-8-5-9-23-13/h3-9,15H,1-2H3,(H,19,21)(H2,18,20,22)/t15-/m0/s1. The van der Waals surface area contributed by atoms with Gasteiger partial charge in [0.1, 0.15) is 0 Å². The third kappa shape index (κ3) is 3.28. The number of allylic oxidation sites excluding steroid dienone is 1. The van der Waals surface area contributed by atoms with Crippen molar-refractivity contribution in [3.05, 3.63) is 63.5 Å². The number of hydrogen-bond donors (Lipinski definition) is 3. The van der Waals surface area contributed by atoms with Crippen molar-refractivity contribution in [1.29, 1.82) is 0 Å². The largest absolute Gasteiger partial charge is 0.350 e. The summed E-state index contributed by atoms with van der Waals surface area (Å²) < 4.78 is 0. The van der Waals surface area contributed by atoms with Gasteiger partial charge in [-0.1, -0.05) is 24.3 Å². The molecule has 0 bridgehead atoms. The lowest BCUT2D eigenvalue weighted by Gasteiger charge is -2.29. The summed E-state index contributed by atoms with van der Waals surface area (Å²) in [7, 11) is 0. The Morgan fingerprint density at radius 1 is 1.22 bits per heavy atom. The number of aryl methyl sites for hydroxylation is 1. The van der Waals surface area contributed by atoms with Crippen LogP contribution in [0.1, 0.15) is 23.4 Å². The first-order valence-corrected chi connectivity index (χ1v) is 8.53. The fourth-order valence-electron chi connectivity index (χ4n) is 2.57. The number of carbonyl (C=O) groups excluding carboxylic acids is 1. The number of carbonyl (C=O) groups is 1. The molecular formula is C17H17N3OS2. The SMILES string of the molecule is CC1=C(C(=O)Nc2ccccc2C)[C@H](c2cccs2)NC(=S)N1. The molecule has 23 heavy (non-hydrogen) atoms. The van der Waals surface area contributed by atoms with E-state index in [9.17, 15) is 4.79 Å². The molecule has 0 spiro atoms. The number of benzene rings is 1. The van der Waals surface area contributed by atoms with Crippen molar-refractivity contribution in [1.82, 2.24) is 10.6 Å². The predicted octanol–water partition coefficient (Wildman–Crippen LogP) is 3.49. The number of anilines is 1. The summed E-state index contributed by atoms with van der Waals surface area (Å²) in [6.45, 7) is 3.85. The van der Waals surface area contributed by atoms with Crippen LogP contribution < -0.4 is 16.0 Å². The first kappa shape index (κ1) is 15.7. The summed E-state index contributed by atoms with van der Waals surface area (Å²) in [6.07, 6.45) is 0. The van der Waals surface area contributed by atoms with Crippen LogP contribution in [-0.4, -0.2) is 11.0 Å². The van der Waals surface area contributed by atoms with Gasteiger partial charge in [-0.3, -0.25) is 4.79 Å². The Morgan fingerprint density at radius 2 is 2.00 bits per heavy atom. The topological polar surface area (TPSA) is 53.2 Å². The summed E-state index contributed by atoms with van der Waals surface area (Å²) in [6, 6.07) is 11.5. The first-order valence-electron chi connectivity index (χ1n) is 7.25. The van der Waals surface area contributed by atoms with Crippen LogP contribution in [0.15, 0.2) is 53.0 Å². The molecule has 1 atom stereocenters. The molecule has 6 heteroatoms. The second kappa shape index (κ2) is 6.52. The van der Waals surface area contributed by atoms with E-state index in [4.69, 9.17) is 12.2 Å². The van der Waals surface area contributed by atoms with Crippen LogP contribution in [-0.2, 0) is 4.79 Å². The van der Waals surface area contributed by atoms with Gasteiger partial charge in [-0.15, -0.1) is 11.3 Å². The first-order chi connectivity index (χ1) is 11.1. The minimum Gasteiger partial charge on any atom is -0.350 e. The van der Waals surface area contributed by atoms with Crippen molar-refractivity contribution in [3.63, 3.8) is 0 Å². The molecule has 0 saturated carbocycles. The van der Waals surface area contributed by atoms with E-state index >= 15 is 0 Å². The smallest absolute Gasteiger partial charge is 0.255 e. The summed E-state index contributed by atoms with van der Waals surface area (Å²) >= 11 is 6.84. The van der Waals surface area contributed by atoms with Gasteiger partial charge in [0.2, 0.25) is 0 Å². The van der Waals surface area contributed by atoms with Crippen LogP contribution in [0.4, 0.5) is 5.69 Å². The second-order valence-electron chi connectivity index (χ2n) is 5.35. The third-order valence-corrected chi connectivity index (χ3v) is 4.89. The molecule has 1 aromatic carbocycles. The number of thiophene rings is 1. The molecule has 1 aliphatic heterocycles. The number of thiocarbonyl (C=S) groups is 1. The zero-order valence-corrected chi connectivity index (χ0v) is 14.5. The lowest BCUT2D eigenvalue weighted by molar-refractivity contribution is -0.113. The van der Waals surface area contributed by atoms with E-state index in [-0.39, 0.29) is 11.9 Å². The average molecular weight is 343 g/mol. The van der Waals surface area contributed by atoms with Gasteiger partial charge in [-0.2, -0.15) is 0 Å². The molecule has 0 radical (unpaired) electrons. The van der Waals surface area contributed by atoms with Crippen LogP contribution >= 0.6 is 23.6 Å². The molecule has 3 N–H and O–H groups in total. The van der Waals surface area contributed by atoms with Gasteiger partial charge in [0, 0.05) is 16.3 Å². The van der Waals surface area contributed by atoms with Crippen molar-refractivity contribution < 1.29 is 4.79 Å². The molecule has 118 valence electrons. The molecule has 0 fully saturated rings. The molecule has 1 amide bonds. The second-order valence-corrected chi connectivity index (χ2v) is 6.74. The van der Waals surface area contributed by atoms with Crippen LogP contribution in [0.25, 0.3) is 0 Å². The molecule has 0 saturated heterocycles. The van der Waals surface area contributed by atoms with Gasteiger partial charge in [0.25, 0.3) is 5.91 Å². The Labute approximate surface area is 144 Å². The summed E-state index contributed by atoms with van der Waals surface area (Å²) in [5.41, 5.74) is 3.28. The molecular weight excluding hydrogens is 326 g/mol. The monoisotopic (exact) mass is 343 g/mol. The van der Waals surface area contributed by atoms with E-state index in [1.54, 1.807) is 11.3 Å². The van der Waals surface area contributed by atoms with Crippen molar-refractivity contribution in [2.24, 2.45) is 0 Å². The highest BCUT2D eigenvalue weighted by Crippen LogP contribution is 2.30. The minimum atomic E-state index is -0.229. The van der Waals surface area contributed by atoms with Gasteiger partial charge in [-0.05, 0) is 49.1 Å². The van der Waals surface area contributed by atoms with Crippen molar-refractivity contribution in [2.75, 3.05) is 5.32 Å². The van der Waals surface area contributed by atoms with Crippen molar-refractivity contribution in [2.45, 2.75) is 19.9 Å². The van der Waals surface area contributed by atoms with E-state index in [1.807, 2.05) is 55.6 Å². The minimum absolute atomic E-state index is 0.127. The molecule has 1 aromatic heterocycles. The zero-order chi connectivity index (χ0) is 16.4. The average Bonchev–Trinajstić information content (AvgIpc) is 3.03. The Bertz CT molecular complexity index is 781. The molecule has 2 heterocycles. The quantitative estimate of drug-likeness (QED) is 0.747. The van der Waals surface area contributed by atoms with E-state index in [0.717, 1.165) is 21.8 Å². The Kier molecular flexibility index (Phi) is 4.45. The normalized spacial score (nSPS) is 17.5. The van der Waals surface area contributed by atoms with Crippen LogP contribution in [0.2, 0.25) is 0 Å². The zero-order valence-electron chi connectivity index (χ0n) is 12.8. The van der Waals surface area contributed by atoms with E-state index in [0.29, 0.717) is 10.7 Å². The highest BCUT2D eigenvalue weighted by atomic mass is 32.1. The summed E-state index contributed by atoms with van der Waals surface area (Å²) in [5.74, 6) is -0.127. The fraction of sp³-hybridized carbons (Fsp3) is 0.176. The van der Waals surface area contributed by atoms with Crippen molar-refractivity contribution >= 4 is 40.3 Å². The van der Waals surface area contributed by atoms with E-state index < -0.39 is 0 Å². The van der Waals surface area contributed by atoms with E-state index in [1.165, 1.54) is 0 Å². The molecule has 4 nitrogen and oxygen atoms in total. The summed E-state index contributed by atoms with van der Waals surface area (Å²) in [5, 5.41) is 11.8. The summed E-state index contributed by atoms with van der Waals surface area (Å²) in [4.78, 5) is 13.9. The van der Waals surface area contributed by atoms with Gasteiger partial charge in [0.15, 0.2) is 5.11 Å². The lowest BCUT2D eigenvalue weighted by Crippen LogP contribution is -2.45. The number of amides is 1. The van der Waals surface area contributed by atoms with Crippen LogP contribution in [0.5, 0.6) is 0 Å². The van der Waals surface area contributed by atoms with Crippen LogP contribution in [0, 0.1) is 6.92 Å². The Hall–Kier alpha value is -2.18. The maximum atomic E-state index is 12.9. The van der Waals surface area contributed by atoms with Gasteiger partial charge in [0.05, 0.1) is 11.6 Å². The van der Waals surface area contributed by atoms with Gasteiger partial charge >= 0.3 is 0 Å². The third-order valence-electron chi connectivity index (χ3n) is 3.73. The lowest BCUT2D eigenvalue weighted by atomic mass is 10.0. The highest BCUT2D eigenvalue weighted by molar-refractivity contribution is 7.80. The molecule has 1 aliphatic rings. The molecule has 3 rings (SSSR count). The Morgan fingerprint density at radius 3 is 2.70 bits per heavy atom. The maximum Gasteiger partial charge on any atom is 0.255 e. The van der Waals surface area contributed by atoms with Gasteiger partial charge in [-0.25, -0.2) is 0 Å². The number of hydrogen-bond acceptors (Lipinski definition) is 3. The molecule has 0 unspecified atom stereocenters. The van der Waals surface area contributed by atoms with Crippen LogP contribution in [0.3, 0.4) is 0 Å². The van der Waals surface area contributed by atoms with Gasteiger partial charge < -0.3 is 16.0 Å². The highest BCUT2D eigenvalue weighted by Gasteiger charge is 2.30. The Balaban J connectivity index is 1.94. The fourth-order valence-corrected chi connectivity index (χ4v) is 3.62. The number of para-hydroxylation sites is 1. The molecule has 0 aliphatic carbocycles. The maximum absolute atomic E-state index is 12.9. The van der Waals surface area contributed by atoms with Crippen molar-refractivity contribution in [3.8, 4) is 0 Å². The number of rotatable bonds is 3. The molecule has 2 aromatic rings. The predicted molar refractivity (Wildman–Crippen MR) is 98.4 cm³/mol.